The minimum absolute atomic E-state index is 0.0758. The van der Waals surface area contributed by atoms with Crippen molar-refractivity contribution < 1.29 is 9.53 Å². The fourth-order valence-corrected chi connectivity index (χ4v) is 1.69. The largest absolute Gasteiger partial charge is 0.623 e. The van der Waals surface area contributed by atoms with Gasteiger partial charge in [0.2, 0.25) is 0 Å². The van der Waals surface area contributed by atoms with Crippen molar-refractivity contribution in [3.05, 3.63) is 40.6 Å². The van der Waals surface area contributed by atoms with E-state index in [9.17, 15) is 10.0 Å². The number of hydrogen-bond acceptors (Lipinski definition) is 2. The fraction of sp³-hybridized carbons (Fsp3) is 0.200. The number of primary amides is 1. The molecular weight excluding hydrogens is 180 g/mol. The Morgan fingerprint density at radius 1 is 1.43 bits per heavy atom. The Balaban J connectivity index is 2.62. The maximum atomic E-state index is 11.4. The molecule has 2 rings (SSSR count). The van der Waals surface area contributed by atoms with Crippen molar-refractivity contribution in [2.45, 2.75) is 6.42 Å². The molecule has 72 valence electrons. The van der Waals surface area contributed by atoms with Gasteiger partial charge in [-0.15, -0.1) is 0 Å². The molecule has 14 heavy (non-hydrogen) atoms. The van der Waals surface area contributed by atoms with E-state index in [-0.39, 0.29) is 5.71 Å². The van der Waals surface area contributed by atoms with E-state index in [0.717, 1.165) is 5.56 Å². The van der Waals surface area contributed by atoms with Crippen molar-refractivity contribution in [2.75, 3.05) is 6.54 Å². The summed E-state index contributed by atoms with van der Waals surface area (Å²) in [5.41, 5.74) is 6.91. The zero-order valence-corrected chi connectivity index (χ0v) is 7.56. The summed E-state index contributed by atoms with van der Waals surface area (Å²) in [6.07, 6.45) is 0.663. The lowest BCUT2D eigenvalue weighted by atomic mass is 9.97. The van der Waals surface area contributed by atoms with Crippen molar-refractivity contribution >= 4 is 11.6 Å². The molecule has 1 aliphatic heterocycles. The third kappa shape index (κ3) is 1.25. The lowest BCUT2D eigenvalue weighted by molar-refractivity contribution is -0.457. The summed E-state index contributed by atoms with van der Waals surface area (Å²) in [6.45, 7) is 0.301. The number of carbonyl (C=O) groups is 1. The first-order chi connectivity index (χ1) is 6.70. The normalized spacial score (nSPS) is 15.1. The SMILES string of the molecule is NC(=O)C1=[N+]([O-])CCc2ccccc21. The predicted octanol–water partition coefficient (Wildman–Crippen LogP) is 0.0274. The van der Waals surface area contributed by atoms with E-state index in [1.807, 2.05) is 12.1 Å². The van der Waals surface area contributed by atoms with Crippen LogP contribution in [-0.4, -0.2) is 22.9 Å². The summed E-state index contributed by atoms with van der Waals surface area (Å²) in [5.74, 6) is -0.660. The molecule has 0 aliphatic carbocycles. The molecule has 2 N–H and O–H groups in total. The zero-order valence-electron chi connectivity index (χ0n) is 7.56. The fourth-order valence-electron chi connectivity index (χ4n) is 1.69. The van der Waals surface area contributed by atoms with E-state index in [1.54, 1.807) is 12.1 Å². The zero-order chi connectivity index (χ0) is 10.1. The van der Waals surface area contributed by atoms with Gasteiger partial charge in [0.05, 0.1) is 5.56 Å². The van der Waals surface area contributed by atoms with Gasteiger partial charge in [0.15, 0.2) is 6.54 Å². The summed E-state index contributed by atoms with van der Waals surface area (Å²) < 4.78 is 0.671. The van der Waals surface area contributed by atoms with Crippen LogP contribution in [0.2, 0.25) is 0 Å². The first-order valence-corrected chi connectivity index (χ1v) is 4.40. The van der Waals surface area contributed by atoms with Crippen LogP contribution in [0.25, 0.3) is 0 Å². The molecule has 0 unspecified atom stereocenters. The summed E-state index contributed by atoms with van der Waals surface area (Å²) in [6, 6.07) is 7.34. The second kappa shape index (κ2) is 3.14. The van der Waals surface area contributed by atoms with Gasteiger partial charge in [-0.2, -0.15) is 4.74 Å². The maximum absolute atomic E-state index is 11.4. The number of nitrogens with zero attached hydrogens (tertiary/aromatic N) is 1. The van der Waals surface area contributed by atoms with E-state index < -0.39 is 5.91 Å². The van der Waals surface area contributed by atoms with Crippen LogP contribution in [0, 0.1) is 5.21 Å². The monoisotopic (exact) mass is 190 g/mol. The highest BCUT2D eigenvalue weighted by Gasteiger charge is 2.26. The highest BCUT2D eigenvalue weighted by Crippen LogP contribution is 2.14. The molecule has 1 heterocycles. The molecule has 1 amide bonds. The van der Waals surface area contributed by atoms with Crippen LogP contribution < -0.4 is 5.73 Å². The summed E-state index contributed by atoms with van der Waals surface area (Å²) in [5, 5.41) is 11.4. The van der Waals surface area contributed by atoms with Crippen LogP contribution in [0.3, 0.4) is 0 Å². The minimum Gasteiger partial charge on any atom is -0.623 e. The van der Waals surface area contributed by atoms with Crippen LogP contribution >= 0.6 is 0 Å². The Hall–Kier alpha value is -1.84. The second-order valence-electron chi connectivity index (χ2n) is 3.22. The third-order valence-electron chi connectivity index (χ3n) is 2.34. The molecule has 0 atom stereocenters. The van der Waals surface area contributed by atoms with Gasteiger partial charge in [0.25, 0.3) is 5.71 Å². The van der Waals surface area contributed by atoms with Crippen molar-refractivity contribution in [1.82, 2.24) is 0 Å². The third-order valence-corrected chi connectivity index (χ3v) is 2.34. The molecule has 4 nitrogen and oxygen atoms in total. The van der Waals surface area contributed by atoms with Gasteiger partial charge in [0, 0.05) is 6.42 Å². The van der Waals surface area contributed by atoms with Gasteiger partial charge in [-0.1, -0.05) is 18.2 Å². The number of rotatable bonds is 1. The van der Waals surface area contributed by atoms with Gasteiger partial charge >= 0.3 is 5.91 Å². The maximum Gasteiger partial charge on any atom is 0.315 e. The standard InChI is InChI=1S/C10H10N2O2/c11-10(13)9-8-4-2-1-3-7(8)5-6-12(9)14/h1-4H,5-6H2,(H2,11,13). The van der Waals surface area contributed by atoms with E-state index in [4.69, 9.17) is 5.73 Å². The number of fused-ring (bicyclic) bond motifs is 1. The van der Waals surface area contributed by atoms with E-state index >= 15 is 0 Å². The first-order valence-electron chi connectivity index (χ1n) is 4.40. The number of nitrogens with two attached hydrogens (primary N) is 1. The first kappa shape index (κ1) is 8.74. The molecule has 0 aromatic heterocycles. The summed E-state index contributed by atoms with van der Waals surface area (Å²) in [7, 11) is 0. The van der Waals surface area contributed by atoms with Crippen LogP contribution in [0.15, 0.2) is 24.3 Å². The number of hydroxylamine groups is 1. The molecule has 0 spiro atoms. The molecule has 1 aromatic rings. The van der Waals surface area contributed by atoms with Gasteiger partial charge in [-0.3, -0.25) is 4.79 Å². The average Bonchev–Trinajstić information content (AvgIpc) is 2.17. The molecule has 0 radical (unpaired) electrons. The molecule has 0 saturated carbocycles. The van der Waals surface area contributed by atoms with E-state index in [2.05, 4.69) is 0 Å². The number of benzene rings is 1. The van der Waals surface area contributed by atoms with Crippen LogP contribution in [0.4, 0.5) is 0 Å². The topological polar surface area (TPSA) is 69.2 Å². The highest BCUT2D eigenvalue weighted by molar-refractivity contribution is 6.43. The van der Waals surface area contributed by atoms with Crippen molar-refractivity contribution in [3.63, 3.8) is 0 Å². The van der Waals surface area contributed by atoms with Gasteiger partial charge < -0.3 is 10.9 Å². The molecule has 0 bridgehead atoms. The molecule has 0 fully saturated rings. The van der Waals surface area contributed by atoms with Gasteiger partial charge in [-0.25, -0.2) is 0 Å². The quantitative estimate of drug-likeness (QED) is 0.501. The Bertz CT molecular complexity index is 424. The second-order valence-corrected chi connectivity index (χ2v) is 3.22. The predicted molar refractivity (Wildman–Crippen MR) is 51.9 cm³/mol. The van der Waals surface area contributed by atoms with Crippen molar-refractivity contribution in [2.24, 2.45) is 5.73 Å². The minimum atomic E-state index is -0.660. The molecule has 1 aliphatic rings. The number of amides is 1. The lowest BCUT2D eigenvalue weighted by Crippen LogP contribution is -2.36. The Morgan fingerprint density at radius 3 is 2.86 bits per heavy atom. The van der Waals surface area contributed by atoms with Crippen LogP contribution in [0.1, 0.15) is 11.1 Å². The van der Waals surface area contributed by atoms with Crippen molar-refractivity contribution in [3.8, 4) is 0 Å². The molecule has 4 heteroatoms. The Morgan fingerprint density at radius 2 is 2.14 bits per heavy atom. The van der Waals surface area contributed by atoms with Gasteiger partial charge in [-0.05, 0) is 11.6 Å². The smallest absolute Gasteiger partial charge is 0.315 e. The van der Waals surface area contributed by atoms with Crippen molar-refractivity contribution in [1.29, 1.82) is 0 Å². The molecule has 1 aromatic carbocycles. The summed E-state index contributed by atoms with van der Waals surface area (Å²) in [4.78, 5) is 11.1. The average molecular weight is 190 g/mol. The van der Waals surface area contributed by atoms with Gasteiger partial charge in [0.1, 0.15) is 0 Å². The van der Waals surface area contributed by atoms with Crippen LogP contribution in [-0.2, 0) is 11.2 Å². The Kier molecular flexibility index (Phi) is 1.96. The highest BCUT2D eigenvalue weighted by atomic mass is 16.5. The van der Waals surface area contributed by atoms with Crippen LogP contribution in [0.5, 0.6) is 0 Å². The number of carbonyl (C=O) groups excluding carboxylic acids is 1. The van der Waals surface area contributed by atoms with E-state index in [1.165, 1.54) is 0 Å². The summed E-state index contributed by atoms with van der Waals surface area (Å²) >= 11 is 0. The Labute approximate surface area is 81.2 Å². The lowest BCUT2D eigenvalue weighted by Gasteiger charge is -2.16. The molecular formula is C10H10N2O2. The molecule has 0 saturated heterocycles. The number of hydrogen-bond donors (Lipinski definition) is 1. The van der Waals surface area contributed by atoms with E-state index in [0.29, 0.717) is 23.3 Å².